The summed E-state index contributed by atoms with van der Waals surface area (Å²) < 4.78 is 0. The smallest absolute Gasteiger partial charge is 0.0733 e. The molecule has 2 aliphatic rings. The van der Waals surface area contributed by atoms with Crippen molar-refractivity contribution in [2.45, 2.75) is 64.6 Å². The van der Waals surface area contributed by atoms with Gasteiger partial charge in [0.25, 0.3) is 0 Å². The molecule has 2 aliphatic carbocycles. The average Bonchev–Trinajstić information content (AvgIpc) is 2.15. The van der Waals surface area contributed by atoms with Crippen LogP contribution >= 0.6 is 0 Å². The molecule has 0 aromatic heterocycles. The van der Waals surface area contributed by atoms with E-state index >= 15 is 0 Å². The number of hydrogen-bond acceptors (Lipinski definition) is 2. The zero-order chi connectivity index (χ0) is 11.9. The molecule has 0 aliphatic heterocycles. The summed E-state index contributed by atoms with van der Waals surface area (Å²) in [7, 11) is 0. The van der Waals surface area contributed by atoms with Gasteiger partial charge in [0.05, 0.1) is 11.7 Å². The second-order valence-corrected chi connectivity index (χ2v) is 6.44. The molecular formula is C14H26O2. The van der Waals surface area contributed by atoms with Gasteiger partial charge >= 0.3 is 0 Å². The standard InChI is InChI=1S/C14H26O2/c1-9(2)12-6-4-10(3)13-7-5-11(15)8-14(12,13)16/h9-13,15-16H,4-8H2,1-3H3/t10-,11+,12+,13+,14+/m1/s1. The summed E-state index contributed by atoms with van der Waals surface area (Å²) >= 11 is 0. The lowest BCUT2D eigenvalue weighted by atomic mass is 9.56. The Morgan fingerprint density at radius 3 is 2.44 bits per heavy atom. The fourth-order valence-corrected chi connectivity index (χ4v) is 4.26. The molecular weight excluding hydrogens is 200 g/mol. The molecule has 2 nitrogen and oxygen atoms in total. The summed E-state index contributed by atoms with van der Waals surface area (Å²) in [6.07, 6.45) is 4.56. The van der Waals surface area contributed by atoms with Crippen LogP contribution in [0.5, 0.6) is 0 Å². The number of fused-ring (bicyclic) bond motifs is 1. The molecule has 2 heteroatoms. The van der Waals surface area contributed by atoms with Gasteiger partial charge in [0.2, 0.25) is 0 Å². The molecule has 2 saturated carbocycles. The van der Waals surface area contributed by atoms with Gasteiger partial charge < -0.3 is 10.2 Å². The van der Waals surface area contributed by atoms with Crippen LogP contribution in [0.25, 0.3) is 0 Å². The molecule has 0 heterocycles. The maximum Gasteiger partial charge on any atom is 0.0733 e. The van der Waals surface area contributed by atoms with Crippen molar-refractivity contribution in [2.75, 3.05) is 0 Å². The van der Waals surface area contributed by atoms with Gasteiger partial charge in [-0.15, -0.1) is 0 Å². The number of rotatable bonds is 1. The van der Waals surface area contributed by atoms with Gasteiger partial charge in [0, 0.05) is 6.42 Å². The molecule has 5 atom stereocenters. The van der Waals surface area contributed by atoms with Crippen molar-refractivity contribution in [3.05, 3.63) is 0 Å². The number of hydrogen-bond donors (Lipinski definition) is 2. The van der Waals surface area contributed by atoms with Crippen molar-refractivity contribution in [3.63, 3.8) is 0 Å². The Labute approximate surface area is 99.1 Å². The lowest BCUT2D eigenvalue weighted by molar-refractivity contribution is -0.171. The van der Waals surface area contributed by atoms with E-state index in [2.05, 4.69) is 20.8 Å². The zero-order valence-electron chi connectivity index (χ0n) is 10.8. The maximum absolute atomic E-state index is 11.0. The fourth-order valence-electron chi connectivity index (χ4n) is 4.26. The Bertz CT molecular complexity index is 245. The van der Waals surface area contributed by atoms with Crippen LogP contribution in [0.2, 0.25) is 0 Å². The highest BCUT2D eigenvalue weighted by Crippen LogP contribution is 2.51. The summed E-state index contributed by atoms with van der Waals surface area (Å²) in [5, 5.41) is 20.8. The molecule has 0 saturated heterocycles. The van der Waals surface area contributed by atoms with E-state index in [0.717, 1.165) is 19.3 Å². The van der Waals surface area contributed by atoms with Gasteiger partial charge in [0.15, 0.2) is 0 Å². The molecule has 0 amide bonds. The molecule has 0 radical (unpaired) electrons. The first-order chi connectivity index (χ1) is 7.45. The van der Waals surface area contributed by atoms with Gasteiger partial charge in [0.1, 0.15) is 0 Å². The van der Waals surface area contributed by atoms with Gasteiger partial charge in [-0.3, -0.25) is 0 Å². The van der Waals surface area contributed by atoms with Crippen molar-refractivity contribution in [1.82, 2.24) is 0 Å². The van der Waals surface area contributed by atoms with Gasteiger partial charge in [-0.2, -0.15) is 0 Å². The highest BCUT2D eigenvalue weighted by molar-refractivity contribution is 5.03. The second-order valence-electron chi connectivity index (χ2n) is 6.44. The van der Waals surface area contributed by atoms with E-state index in [1.165, 1.54) is 6.42 Å². The van der Waals surface area contributed by atoms with Crippen LogP contribution in [-0.2, 0) is 0 Å². The van der Waals surface area contributed by atoms with Crippen LogP contribution < -0.4 is 0 Å². The summed E-state index contributed by atoms with van der Waals surface area (Å²) in [4.78, 5) is 0. The van der Waals surface area contributed by atoms with Crippen LogP contribution in [0, 0.1) is 23.7 Å². The highest BCUT2D eigenvalue weighted by Gasteiger charge is 2.52. The van der Waals surface area contributed by atoms with Crippen molar-refractivity contribution in [1.29, 1.82) is 0 Å². The molecule has 2 fully saturated rings. The SMILES string of the molecule is CC(C)[C@@H]1CC[C@@H](C)[C@@H]2CC[C@H](O)C[C@]12O. The first-order valence-corrected chi connectivity index (χ1v) is 6.85. The Morgan fingerprint density at radius 2 is 1.81 bits per heavy atom. The predicted molar refractivity (Wildman–Crippen MR) is 65.0 cm³/mol. The minimum Gasteiger partial charge on any atom is -0.393 e. The fraction of sp³-hybridized carbons (Fsp3) is 1.00. The molecule has 16 heavy (non-hydrogen) atoms. The van der Waals surface area contributed by atoms with E-state index in [9.17, 15) is 10.2 Å². The van der Waals surface area contributed by atoms with Crippen molar-refractivity contribution < 1.29 is 10.2 Å². The predicted octanol–water partition coefficient (Wildman–Crippen LogP) is 2.58. The summed E-state index contributed by atoms with van der Waals surface area (Å²) in [6.45, 7) is 6.68. The normalized spacial score (nSPS) is 49.1. The quantitative estimate of drug-likeness (QED) is 0.721. The minimum absolute atomic E-state index is 0.284. The average molecular weight is 226 g/mol. The second kappa shape index (κ2) is 4.30. The van der Waals surface area contributed by atoms with Crippen LogP contribution in [0.15, 0.2) is 0 Å². The molecule has 0 aromatic rings. The first kappa shape index (κ1) is 12.4. The van der Waals surface area contributed by atoms with E-state index in [0.29, 0.717) is 30.1 Å². The third-order valence-corrected chi connectivity index (χ3v) is 5.08. The number of aliphatic hydroxyl groups is 2. The minimum atomic E-state index is -0.594. The zero-order valence-corrected chi connectivity index (χ0v) is 10.8. The molecule has 2 rings (SSSR count). The first-order valence-electron chi connectivity index (χ1n) is 6.85. The molecule has 2 N–H and O–H groups in total. The van der Waals surface area contributed by atoms with Crippen molar-refractivity contribution >= 4 is 0 Å². The van der Waals surface area contributed by atoms with Crippen LogP contribution in [0.1, 0.15) is 52.9 Å². The maximum atomic E-state index is 11.0. The molecule has 0 bridgehead atoms. The van der Waals surface area contributed by atoms with Crippen LogP contribution in [0.4, 0.5) is 0 Å². The Balaban J connectivity index is 2.25. The molecule has 94 valence electrons. The summed E-state index contributed by atoms with van der Waals surface area (Å²) in [5.74, 6) is 1.93. The lowest BCUT2D eigenvalue weighted by Crippen LogP contribution is -2.56. The Hall–Kier alpha value is -0.0800. The van der Waals surface area contributed by atoms with Crippen molar-refractivity contribution in [2.24, 2.45) is 23.7 Å². The lowest BCUT2D eigenvalue weighted by Gasteiger charge is -2.54. The largest absolute Gasteiger partial charge is 0.393 e. The Morgan fingerprint density at radius 1 is 1.12 bits per heavy atom. The van der Waals surface area contributed by atoms with E-state index in [1.54, 1.807) is 0 Å². The number of aliphatic hydroxyl groups excluding tert-OH is 1. The van der Waals surface area contributed by atoms with E-state index in [1.807, 2.05) is 0 Å². The monoisotopic (exact) mass is 226 g/mol. The topological polar surface area (TPSA) is 40.5 Å². The van der Waals surface area contributed by atoms with Crippen LogP contribution in [-0.4, -0.2) is 21.9 Å². The third kappa shape index (κ3) is 1.91. The van der Waals surface area contributed by atoms with Gasteiger partial charge in [-0.25, -0.2) is 0 Å². The van der Waals surface area contributed by atoms with E-state index in [-0.39, 0.29) is 6.10 Å². The van der Waals surface area contributed by atoms with E-state index in [4.69, 9.17) is 0 Å². The molecule has 0 spiro atoms. The van der Waals surface area contributed by atoms with Gasteiger partial charge in [-0.1, -0.05) is 20.8 Å². The molecule has 0 aromatic carbocycles. The van der Waals surface area contributed by atoms with Crippen LogP contribution in [0.3, 0.4) is 0 Å². The summed E-state index contributed by atoms with van der Waals surface area (Å²) in [6, 6.07) is 0. The Kier molecular flexibility index (Phi) is 3.33. The van der Waals surface area contributed by atoms with E-state index < -0.39 is 5.60 Å². The third-order valence-electron chi connectivity index (χ3n) is 5.08. The highest BCUT2D eigenvalue weighted by atomic mass is 16.3. The van der Waals surface area contributed by atoms with Gasteiger partial charge in [-0.05, 0) is 49.4 Å². The summed E-state index contributed by atoms with van der Waals surface area (Å²) in [5.41, 5.74) is -0.594. The molecule has 0 unspecified atom stereocenters. The van der Waals surface area contributed by atoms with Crippen molar-refractivity contribution in [3.8, 4) is 0 Å².